The number of ether oxygens (including phenoxy) is 1. The number of rotatable bonds is 14. The van der Waals surface area contributed by atoms with Gasteiger partial charge in [0.25, 0.3) is 11.1 Å². The molecule has 6 heterocycles. The molecule has 67 heavy (non-hydrogen) atoms. The highest BCUT2D eigenvalue weighted by Crippen LogP contribution is 2.21. The third-order valence-electron chi connectivity index (χ3n) is 11.7. The molecule has 18 nitrogen and oxygen atoms in total. The fourth-order valence-electron chi connectivity index (χ4n) is 8.29. The van der Waals surface area contributed by atoms with Crippen LogP contribution in [0.25, 0.3) is 22.1 Å². The van der Waals surface area contributed by atoms with Gasteiger partial charge in [0, 0.05) is 63.7 Å². The van der Waals surface area contributed by atoms with Crippen LogP contribution in [0.2, 0.25) is 0 Å². The van der Waals surface area contributed by atoms with E-state index >= 15 is 0 Å². The summed E-state index contributed by atoms with van der Waals surface area (Å²) < 4.78 is 9.18. The van der Waals surface area contributed by atoms with Gasteiger partial charge in [-0.25, -0.2) is 24.7 Å². The van der Waals surface area contributed by atoms with Crippen molar-refractivity contribution < 1.29 is 19.1 Å². The zero-order chi connectivity index (χ0) is 47.2. The second-order valence-electron chi connectivity index (χ2n) is 17.7. The van der Waals surface area contributed by atoms with E-state index < -0.39 is 11.7 Å². The Labute approximate surface area is 389 Å². The second-order valence-corrected chi connectivity index (χ2v) is 17.7. The lowest BCUT2D eigenvalue weighted by atomic mass is 10.0. The van der Waals surface area contributed by atoms with Crippen LogP contribution < -0.4 is 27.1 Å². The highest BCUT2D eigenvalue weighted by atomic mass is 16.6. The summed E-state index contributed by atoms with van der Waals surface area (Å²) >= 11 is 0. The van der Waals surface area contributed by atoms with Gasteiger partial charge in [-0.15, -0.1) is 0 Å². The van der Waals surface area contributed by atoms with Gasteiger partial charge < -0.3 is 39.6 Å². The van der Waals surface area contributed by atoms with Gasteiger partial charge in [0.2, 0.25) is 11.8 Å². The number of amides is 3. The summed E-state index contributed by atoms with van der Waals surface area (Å²) in [6.45, 7) is 11.7. The van der Waals surface area contributed by atoms with Crippen molar-refractivity contribution in [3.05, 3.63) is 130 Å². The van der Waals surface area contributed by atoms with E-state index in [0.717, 1.165) is 67.6 Å². The zero-order valence-corrected chi connectivity index (χ0v) is 38.4. The van der Waals surface area contributed by atoms with Crippen molar-refractivity contribution in [3.63, 3.8) is 0 Å². The average molecular weight is 913 g/mol. The summed E-state index contributed by atoms with van der Waals surface area (Å²) in [5, 5.41) is 8.88. The maximum absolute atomic E-state index is 13.1. The van der Waals surface area contributed by atoms with Crippen LogP contribution in [0.15, 0.2) is 119 Å². The molecule has 8 rings (SSSR count). The number of likely N-dealkylation sites (tertiary alicyclic amines) is 2. The first-order valence-electron chi connectivity index (χ1n) is 22.9. The normalized spacial score (nSPS) is 15.1. The van der Waals surface area contributed by atoms with Crippen LogP contribution >= 0.6 is 0 Å². The van der Waals surface area contributed by atoms with Gasteiger partial charge >= 0.3 is 6.09 Å². The third-order valence-corrected chi connectivity index (χ3v) is 11.7. The number of nitrogens with zero attached hydrogens (tertiary/aromatic N) is 9. The lowest BCUT2D eigenvalue weighted by molar-refractivity contribution is -0.118. The third kappa shape index (κ3) is 14.1. The molecule has 0 bridgehead atoms. The summed E-state index contributed by atoms with van der Waals surface area (Å²) in [5.41, 5.74) is 2.46. The molecule has 0 aliphatic carbocycles. The molecule has 4 aromatic heterocycles. The van der Waals surface area contributed by atoms with Crippen LogP contribution in [0.1, 0.15) is 46.5 Å². The molecule has 6 aromatic rings. The van der Waals surface area contributed by atoms with Crippen LogP contribution in [-0.2, 0) is 27.4 Å². The number of hydrogen-bond acceptors (Lipinski definition) is 13. The van der Waals surface area contributed by atoms with Crippen molar-refractivity contribution in [1.82, 2.24) is 49.1 Å². The molecule has 2 saturated heterocycles. The average Bonchev–Trinajstić information content (AvgIpc) is 3.33. The lowest BCUT2D eigenvalue weighted by Crippen LogP contribution is -2.51. The topological polar surface area (TPSA) is 202 Å². The van der Waals surface area contributed by atoms with Gasteiger partial charge in [-0.05, 0) is 108 Å². The van der Waals surface area contributed by atoms with E-state index in [1.54, 1.807) is 45.8 Å². The minimum absolute atomic E-state index is 0.0656. The van der Waals surface area contributed by atoms with E-state index in [0.29, 0.717) is 50.2 Å². The van der Waals surface area contributed by atoms with Crippen LogP contribution in [0.3, 0.4) is 0 Å². The summed E-state index contributed by atoms with van der Waals surface area (Å²) in [5.74, 6) is 0.597. The van der Waals surface area contributed by atoms with Crippen LogP contribution in [0.4, 0.5) is 16.4 Å². The van der Waals surface area contributed by atoms with E-state index in [-0.39, 0.29) is 42.1 Å². The Morgan fingerprint density at radius 2 is 1.10 bits per heavy atom. The Kier molecular flexibility index (Phi) is 16.5. The molecule has 3 amide bonds. The maximum Gasteiger partial charge on any atom is 0.411 e. The molecule has 2 aliphatic heterocycles. The van der Waals surface area contributed by atoms with Gasteiger partial charge in [0.1, 0.15) is 23.8 Å². The first kappa shape index (κ1) is 48.1. The molecular formula is C49H60N12O6. The predicted octanol–water partition coefficient (Wildman–Crippen LogP) is 4.62. The number of carbonyl (C=O) groups excluding carboxylic acids is 3. The summed E-state index contributed by atoms with van der Waals surface area (Å²) in [7, 11) is 0. The fraction of sp³-hybridized carbons (Fsp3) is 0.408. The zero-order valence-electron chi connectivity index (χ0n) is 38.4. The molecule has 3 N–H and O–H groups in total. The van der Waals surface area contributed by atoms with E-state index in [2.05, 4.69) is 45.7 Å². The number of fused-ring (bicyclic) bond motifs is 2. The van der Waals surface area contributed by atoms with Gasteiger partial charge in [0.05, 0.1) is 41.0 Å². The van der Waals surface area contributed by atoms with Crippen LogP contribution in [-0.4, -0.2) is 132 Å². The molecule has 2 aromatic carbocycles. The van der Waals surface area contributed by atoms with Gasteiger partial charge in [-0.3, -0.25) is 24.1 Å². The monoisotopic (exact) mass is 912 g/mol. The number of anilines is 2. The largest absolute Gasteiger partial charge is 0.444 e. The molecule has 0 saturated carbocycles. The molecule has 0 spiro atoms. The summed E-state index contributed by atoms with van der Waals surface area (Å²) in [6, 6.07) is 26.2. The van der Waals surface area contributed by atoms with Crippen molar-refractivity contribution >= 4 is 51.6 Å². The molecule has 0 unspecified atom stereocenters. The minimum atomic E-state index is -0.673. The van der Waals surface area contributed by atoms with E-state index in [4.69, 9.17) is 4.74 Å². The van der Waals surface area contributed by atoms with Crippen molar-refractivity contribution in [2.45, 2.75) is 77.2 Å². The number of nitrogens with one attached hydrogen (secondary N) is 3. The van der Waals surface area contributed by atoms with Crippen molar-refractivity contribution in [1.29, 1.82) is 0 Å². The summed E-state index contributed by atoms with van der Waals surface area (Å²) in [4.78, 5) is 85.4. The molecule has 352 valence electrons. The van der Waals surface area contributed by atoms with Crippen molar-refractivity contribution in [3.8, 4) is 0 Å². The van der Waals surface area contributed by atoms with Crippen LogP contribution in [0, 0.1) is 0 Å². The Hall–Kier alpha value is -6.89. The standard InChI is InChI=1S/C27H34N6O4.C22H26N6O2/c1-27(2,3)37-26(36)33(19-24(34)30-23-10-6-7-13-28-23)20-11-14-31(15-12-20)16-17-32-22-9-5-4-8-21(22)29-18-25(32)35;29-21(26-20-7-3-4-10-23-20)15-24-17-8-11-27(12-9-17)13-14-28-19-6-2-1-5-18(19)25-16-22(28)30/h4-10,13,18,20H,11-12,14-17,19H2,1-3H3,(H,28,30,34);1-7,10,16-17,24H,8-9,11-15H2,(H,23,26,29). The Morgan fingerprint density at radius 3 is 1.60 bits per heavy atom. The molecular weight excluding hydrogens is 853 g/mol. The lowest BCUT2D eigenvalue weighted by Gasteiger charge is -2.38. The number of benzene rings is 2. The van der Waals surface area contributed by atoms with Gasteiger partial charge in [0.15, 0.2) is 0 Å². The van der Waals surface area contributed by atoms with Crippen molar-refractivity contribution in [2.75, 3.05) is 63.0 Å². The summed E-state index contributed by atoms with van der Waals surface area (Å²) in [6.07, 6.45) is 8.85. The Balaban J connectivity index is 0.000000203. The fourth-order valence-corrected chi connectivity index (χ4v) is 8.29. The van der Waals surface area contributed by atoms with Gasteiger partial charge in [-0.2, -0.15) is 0 Å². The van der Waals surface area contributed by atoms with Crippen molar-refractivity contribution in [2.24, 2.45) is 0 Å². The highest BCUT2D eigenvalue weighted by molar-refractivity contribution is 5.93. The van der Waals surface area contributed by atoms with Gasteiger partial charge in [-0.1, -0.05) is 36.4 Å². The van der Waals surface area contributed by atoms with E-state index in [9.17, 15) is 24.0 Å². The SMILES string of the molecule is CC(C)(C)OC(=O)N(CC(=O)Nc1ccccn1)C1CCN(CCn2c(=O)cnc3ccccc32)CC1.O=C(CNC1CCN(CCn2c(=O)cnc3ccccc32)CC1)Nc1ccccn1. The Bertz CT molecular complexity index is 2690. The number of piperidine rings is 2. The van der Waals surface area contributed by atoms with E-state index in [1.165, 1.54) is 17.3 Å². The number of aromatic nitrogens is 6. The quantitative estimate of drug-likeness (QED) is 0.137. The highest BCUT2D eigenvalue weighted by Gasteiger charge is 2.33. The molecule has 0 atom stereocenters. The molecule has 2 fully saturated rings. The number of pyridine rings is 2. The first-order chi connectivity index (χ1) is 32.4. The minimum Gasteiger partial charge on any atom is -0.444 e. The predicted molar refractivity (Wildman–Crippen MR) is 258 cm³/mol. The molecule has 0 radical (unpaired) electrons. The molecule has 18 heteroatoms. The first-order valence-corrected chi connectivity index (χ1v) is 22.9. The Morgan fingerprint density at radius 1 is 0.627 bits per heavy atom. The molecule has 2 aliphatic rings. The van der Waals surface area contributed by atoms with Crippen LogP contribution in [0.5, 0.6) is 0 Å². The van der Waals surface area contributed by atoms with E-state index in [1.807, 2.05) is 81.4 Å². The smallest absolute Gasteiger partial charge is 0.411 e. The number of hydrogen-bond donors (Lipinski definition) is 3. The number of carbonyl (C=O) groups is 3. The maximum atomic E-state index is 13.1. The number of para-hydroxylation sites is 4. The second kappa shape index (κ2) is 23.0.